The molecule has 3 unspecified atom stereocenters. The molecule has 0 fully saturated rings. The Morgan fingerprint density at radius 3 is 1.69 bits per heavy atom. The molecule has 0 aromatic carbocycles. The number of alkyl halides is 5. The molecule has 15 heteroatoms. The average Bonchev–Trinajstić information content (AvgIpc) is 2.79. The summed E-state index contributed by atoms with van der Waals surface area (Å²) < 4.78 is 82.0. The van der Waals surface area contributed by atoms with Gasteiger partial charge in [-0.05, 0) is 35.1 Å². The van der Waals surface area contributed by atoms with Crippen molar-refractivity contribution in [2.75, 3.05) is 17.4 Å². The molecule has 0 bridgehead atoms. The van der Waals surface area contributed by atoms with Crippen molar-refractivity contribution in [3.8, 4) is 12.4 Å². The lowest BCUT2D eigenvalue weighted by atomic mass is 10.1. The average molecular weight is 710 g/mol. The van der Waals surface area contributed by atoms with Gasteiger partial charge in [0.25, 0.3) is 11.8 Å². The number of nitriles is 2. The van der Waals surface area contributed by atoms with E-state index in [1.54, 1.807) is 6.92 Å². The Hall–Kier alpha value is -2.37. The zero-order valence-corrected chi connectivity index (χ0v) is 24.7. The first-order chi connectivity index (χ1) is 16.9. The molecule has 2 rings (SSSR count). The standard InChI is InChI=1S/C11H13F2N3OS.C10H11F2N3OS.CH3I.2CH4.H2/c1-8(18(3,17)16-7-14)9-4-5-10(15-6-9)11(2,12)13;1-10(11,12)9-4-3-8(5-14-9)6-17(2,16)15-7-13;1-2;;;/h4-6,8H,1-3H3;3-5H,6H2,1-2H3;1H3;2*1H4;1H/i;;;;;1+1. The smallest absolute Gasteiger partial charge is 0.255 e. The zero-order valence-electron chi connectivity index (χ0n) is 21.0. The molecule has 0 saturated heterocycles. The van der Waals surface area contributed by atoms with Gasteiger partial charge in [0.05, 0.1) is 30.5 Å². The fourth-order valence-electron chi connectivity index (χ4n) is 2.52. The Labute approximate surface area is 245 Å². The van der Waals surface area contributed by atoms with Crippen LogP contribution in [-0.4, -0.2) is 35.8 Å². The van der Waals surface area contributed by atoms with Gasteiger partial charge in [0.1, 0.15) is 11.4 Å². The lowest BCUT2D eigenvalue weighted by Gasteiger charge is -2.14. The molecule has 2 aromatic heterocycles. The summed E-state index contributed by atoms with van der Waals surface area (Å²) in [6.07, 6.45) is 8.13. The van der Waals surface area contributed by atoms with Crippen LogP contribution in [0.25, 0.3) is 0 Å². The van der Waals surface area contributed by atoms with Gasteiger partial charge in [0.15, 0.2) is 0 Å². The van der Waals surface area contributed by atoms with E-state index in [1.807, 2.05) is 4.93 Å². The molecule has 0 aliphatic carbocycles. The van der Waals surface area contributed by atoms with Gasteiger partial charge in [-0.3, -0.25) is 9.97 Å². The summed E-state index contributed by atoms with van der Waals surface area (Å²) in [6, 6.07) is 5.21. The molecule has 0 saturated carbocycles. The van der Waals surface area contributed by atoms with E-state index in [1.165, 1.54) is 61.6 Å². The first-order valence-corrected chi connectivity index (χ1v) is 16.4. The summed E-state index contributed by atoms with van der Waals surface area (Å²) in [7, 11) is -5.37. The number of pyridine rings is 2. The lowest BCUT2D eigenvalue weighted by molar-refractivity contribution is 0.0121. The molecule has 0 radical (unpaired) electrons. The maximum absolute atomic E-state index is 13.0. The second-order valence-electron chi connectivity index (χ2n) is 7.79. The Morgan fingerprint density at radius 2 is 1.36 bits per heavy atom. The fraction of sp³-hybridized carbons (Fsp3) is 0.500. The molecule has 0 aliphatic rings. The van der Waals surface area contributed by atoms with E-state index in [0.717, 1.165) is 13.8 Å². The Bertz CT molecular complexity index is 1350. The monoisotopic (exact) mass is 709 g/mol. The van der Waals surface area contributed by atoms with E-state index in [4.69, 9.17) is 10.5 Å². The van der Waals surface area contributed by atoms with Gasteiger partial charge in [-0.25, -0.2) is 8.42 Å². The molecular weight excluding hydrogens is 671 g/mol. The van der Waals surface area contributed by atoms with Crippen LogP contribution < -0.4 is 0 Å². The minimum Gasteiger partial charge on any atom is -0.255 e. The number of nitrogens with zero attached hydrogens (tertiary/aromatic N) is 6. The van der Waals surface area contributed by atoms with Gasteiger partial charge >= 0.3 is 0 Å². The van der Waals surface area contributed by atoms with Crippen molar-refractivity contribution in [3.05, 3.63) is 59.2 Å². The molecule has 2 aromatic rings. The van der Waals surface area contributed by atoms with Crippen LogP contribution in [0.5, 0.6) is 0 Å². The van der Waals surface area contributed by atoms with Crippen molar-refractivity contribution < 1.29 is 27.4 Å². The van der Waals surface area contributed by atoms with Crippen LogP contribution in [0.3, 0.4) is 0 Å². The highest BCUT2D eigenvalue weighted by atomic mass is 127. The van der Waals surface area contributed by atoms with Gasteiger partial charge in [-0.1, -0.05) is 49.6 Å². The van der Waals surface area contributed by atoms with E-state index >= 15 is 0 Å². The topological polar surface area (TPSA) is 132 Å². The molecule has 222 valence electrons. The van der Waals surface area contributed by atoms with Gasteiger partial charge in [-0.2, -0.15) is 28.1 Å². The Kier molecular flexibility index (Phi) is 18.3. The zero-order chi connectivity index (χ0) is 29.1. The molecule has 2 heterocycles. The fourth-order valence-corrected chi connectivity index (χ4v) is 4.51. The number of rotatable bonds is 6. The molecule has 0 spiro atoms. The summed E-state index contributed by atoms with van der Waals surface area (Å²) in [5.74, 6) is -5.99. The summed E-state index contributed by atoms with van der Waals surface area (Å²) in [5.41, 5.74) is 0.318. The molecule has 8 nitrogen and oxygen atoms in total. The molecule has 0 aliphatic heterocycles. The quantitative estimate of drug-likeness (QED) is 0.131. The number of hydrogen-bond donors (Lipinski definition) is 0. The highest BCUT2D eigenvalue weighted by Gasteiger charge is 2.27. The van der Waals surface area contributed by atoms with Crippen molar-refractivity contribution >= 4 is 42.0 Å². The van der Waals surface area contributed by atoms with Gasteiger partial charge in [0.2, 0.25) is 12.4 Å². The molecular formula is C24H37F4IN6O2S2. The van der Waals surface area contributed by atoms with Crippen molar-refractivity contribution in [1.29, 1.82) is 10.5 Å². The Morgan fingerprint density at radius 1 is 0.923 bits per heavy atom. The van der Waals surface area contributed by atoms with Crippen LogP contribution in [-0.2, 0) is 37.1 Å². The SMILES string of the molecule is C.C.CC(F)(F)c1ccc(CS(C)(=O)=NC#N)cn1.CC(c1ccc(C(C)(F)F)nc1)S(C)(=O)=NC#N.CI.[2HH]. The van der Waals surface area contributed by atoms with E-state index in [9.17, 15) is 26.0 Å². The van der Waals surface area contributed by atoms with Crippen LogP contribution in [0.2, 0.25) is 0 Å². The maximum Gasteiger partial charge on any atom is 0.286 e. The van der Waals surface area contributed by atoms with Crippen LogP contribution in [0, 0.1) is 22.9 Å². The third-order valence-corrected chi connectivity index (χ3v) is 7.89. The van der Waals surface area contributed by atoms with E-state index < -0.39 is 36.6 Å². The second-order valence-corrected chi connectivity index (χ2v) is 12.8. The van der Waals surface area contributed by atoms with Crippen LogP contribution in [0.15, 0.2) is 45.4 Å². The van der Waals surface area contributed by atoms with Crippen molar-refractivity contribution in [2.24, 2.45) is 8.73 Å². The largest absolute Gasteiger partial charge is 0.286 e. The minimum absolute atomic E-state index is 0. The molecule has 39 heavy (non-hydrogen) atoms. The van der Waals surface area contributed by atoms with Gasteiger partial charge in [0, 0.05) is 40.2 Å². The Balaban J connectivity index is -0.000000285. The predicted molar refractivity (Wildman–Crippen MR) is 159 cm³/mol. The van der Waals surface area contributed by atoms with Crippen molar-refractivity contribution in [3.63, 3.8) is 0 Å². The summed E-state index contributed by atoms with van der Waals surface area (Å²) in [4.78, 5) is 9.21. The van der Waals surface area contributed by atoms with Crippen molar-refractivity contribution in [1.82, 2.24) is 9.97 Å². The molecule has 3 atom stereocenters. The molecule has 0 amide bonds. The van der Waals surface area contributed by atoms with E-state index in [0.29, 0.717) is 11.1 Å². The van der Waals surface area contributed by atoms with Crippen LogP contribution in [0.4, 0.5) is 17.6 Å². The first kappa shape index (κ1) is 41.1. The molecule has 0 N–H and O–H groups in total. The number of halogens is 5. The van der Waals surface area contributed by atoms with Crippen LogP contribution in [0.1, 0.15) is 64.8 Å². The van der Waals surface area contributed by atoms with Crippen molar-refractivity contribution in [2.45, 2.75) is 58.5 Å². The number of aromatic nitrogens is 2. The summed E-state index contributed by atoms with van der Waals surface area (Å²) in [6.45, 7) is 3.12. The lowest BCUT2D eigenvalue weighted by Crippen LogP contribution is -2.12. The number of hydrogen-bond acceptors (Lipinski definition) is 8. The predicted octanol–water partition coefficient (Wildman–Crippen LogP) is 7.67. The normalized spacial score (nSPS) is 14.2. The van der Waals surface area contributed by atoms with E-state index in [2.05, 4.69) is 41.3 Å². The maximum atomic E-state index is 13.0. The highest BCUT2D eigenvalue weighted by Crippen LogP contribution is 2.28. The second kappa shape index (κ2) is 17.3. The summed E-state index contributed by atoms with van der Waals surface area (Å²) in [5, 5.41) is 16.2. The minimum atomic E-state index is -3.01. The third kappa shape index (κ3) is 14.5. The summed E-state index contributed by atoms with van der Waals surface area (Å²) >= 11 is 2.15. The van der Waals surface area contributed by atoms with Gasteiger partial charge in [-0.15, -0.1) is 8.73 Å². The first-order valence-electron chi connectivity index (χ1n) is 10.1. The van der Waals surface area contributed by atoms with Gasteiger partial charge < -0.3 is 0 Å². The third-order valence-electron chi connectivity index (χ3n) is 4.53. The van der Waals surface area contributed by atoms with Crippen LogP contribution >= 0.6 is 22.6 Å². The van der Waals surface area contributed by atoms with E-state index in [-0.39, 0.29) is 33.4 Å². The highest BCUT2D eigenvalue weighted by molar-refractivity contribution is 14.1.